The molecule has 3 aliphatic heterocycles. The lowest BCUT2D eigenvalue weighted by molar-refractivity contribution is 0.0996. The minimum absolute atomic E-state index is 0.0268. The number of ether oxygens (including phenoxy) is 2. The maximum absolute atomic E-state index is 14.8. The minimum atomic E-state index is -0.876. The van der Waals surface area contributed by atoms with Gasteiger partial charge in [-0.15, -0.1) is 0 Å². The van der Waals surface area contributed by atoms with Crippen molar-refractivity contribution in [1.29, 1.82) is 0 Å². The number of rotatable bonds is 10. The van der Waals surface area contributed by atoms with Gasteiger partial charge in [0.05, 0.1) is 23.5 Å². The lowest BCUT2D eigenvalue weighted by Gasteiger charge is -2.30. The molecule has 2 N–H and O–H groups in total. The molecule has 1 aromatic heterocycles. The van der Waals surface area contributed by atoms with Crippen molar-refractivity contribution in [1.82, 2.24) is 14.9 Å². The summed E-state index contributed by atoms with van der Waals surface area (Å²) in [7, 11) is 1.62. The summed E-state index contributed by atoms with van der Waals surface area (Å²) >= 11 is 0. The Labute approximate surface area is 237 Å². The van der Waals surface area contributed by atoms with Crippen molar-refractivity contribution < 1.29 is 28.2 Å². The van der Waals surface area contributed by atoms with Crippen LogP contribution in [-0.2, 0) is 17.7 Å². The highest BCUT2D eigenvalue weighted by Gasteiger charge is 2.49. The van der Waals surface area contributed by atoms with Crippen LogP contribution in [0.25, 0.3) is 10.8 Å². The van der Waals surface area contributed by atoms with E-state index < -0.39 is 6.17 Å². The summed E-state index contributed by atoms with van der Waals surface area (Å²) < 4.78 is 40.4. The fourth-order valence-electron chi connectivity index (χ4n) is 6.67. The molecule has 41 heavy (non-hydrogen) atoms. The van der Waals surface area contributed by atoms with E-state index in [2.05, 4.69) is 20.2 Å². The third kappa shape index (κ3) is 4.95. The van der Waals surface area contributed by atoms with Crippen molar-refractivity contribution in [3.63, 3.8) is 0 Å². The monoisotopic (exact) mass is 567 g/mol. The average Bonchev–Trinajstić information content (AvgIpc) is 3.59. The molecule has 0 unspecified atom stereocenters. The largest absolute Gasteiger partial charge is 0.508 e. The lowest BCUT2D eigenvalue weighted by atomic mass is 9.95. The van der Waals surface area contributed by atoms with E-state index in [-0.39, 0.29) is 42.2 Å². The molecule has 0 aliphatic carbocycles. The van der Waals surface area contributed by atoms with Crippen molar-refractivity contribution in [2.45, 2.75) is 57.3 Å². The average molecular weight is 568 g/mol. The van der Waals surface area contributed by atoms with Crippen LogP contribution in [0.1, 0.15) is 54.2 Å². The van der Waals surface area contributed by atoms with Crippen molar-refractivity contribution in [3.8, 4) is 11.8 Å². The summed E-state index contributed by atoms with van der Waals surface area (Å²) in [5.74, 6) is -0.401. The van der Waals surface area contributed by atoms with Crippen LogP contribution in [0.4, 0.5) is 20.3 Å². The summed E-state index contributed by atoms with van der Waals surface area (Å²) in [5.41, 5.74) is 1.29. The zero-order chi connectivity index (χ0) is 28.7. The number of phenols is 1. The lowest BCUT2D eigenvalue weighted by Crippen LogP contribution is -2.43. The number of hydrogen-bond donors (Lipinski definition) is 2. The summed E-state index contributed by atoms with van der Waals surface area (Å²) in [6.45, 7) is 4.53. The normalized spacial score (nSPS) is 22.0. The van der Waals surface area contributed by atoms with Gasteiger partial charge in [0.25, 0.3) is 5.91 Å². The Morgan fingerprint density at radius 3 is 2.93 bits per heavy atom. The highest BCUT2D eigenvalue weighted by Crippen LogP contribution is 2.42. The Kier molecular flexibility index (Phi) is 7.41. The molecule has 3 aromatic rings. The molecule has 3 aliphatic rings. The number of benzene rings is 2. The quantitative estimate of drug-likeness (QED) is 0.343. The molecule has 4 heterocycles. The Bertz CT molecular complexity index is 1490. The number of aryl methyl sites for hydroxylation is 1. The zero-order valence-corrected chi connectivity index (χ0v) is 23.4. The maximum Gasteiger partial charge on any atom is 0.318 e. The number of fused-ring (bicyclic) bond motifs is 3. The maximum atomic E-state index is 14.8. The second kappa shape index (κ2) is 11.0. The molecule has 11 heteroatoms. The Morgan fingerprint density at radius 1 is 1.27 bits per heavy atom. The highest BCUT2D eigenvalue weighted by atomic mass is 19.1. The molecule has 2 atom stereocenters. The SMILES string of the molecule is CCc1c(F)ccc2cc(O)cc(N3Cc4nc(OC[C@@]56CCCN5C[C@H](F)C6)nc(NCCCOC)c4C3=O)c12. The first-order valence-electron chi connectivity index (χ1n) is 14.2. The predicted octanol–water partition coefficient (Wildman–Crippen LogP) is 4.60. The third-order valence-electron chi connectivity index (χ3n) is 8.56. The molecule has 2 fully saturated rings. The molecular weight excluding hydrogens is 532 g/mol. The smallest absolute Gasteiger partial charge is 0.318 e. The van der Waals surface area contributed by atoms with Gasteiger partial charge in [-0.05, 0) is 55.3 Å². The van der Waals surface area contributed by atoms with Gasteiger partial charge >= 0.3 is 6.01 Å². The number of hydrogen-bond acceptors (Lipinski definition) is 8. The van der Waals surface area contributed by atoms with Crippen LogP contribution in [0.2, 0.25) is 0 Å². The van der Waals surface area contributed by atoms with Crippen LogP contribution in [-0.4, -0.2) is 77.6 Å². The standard InChI is InChI=1S/C30H35F2N5O4/c1-3-21-22(32)7-6-18-12-20(38)13-24(25(18)21)37-16-23-26(28(37)39)27(33-9-5-11-40-2)35-29(34-23)41-17-30-8-4-10-36(30)15-19(31)14-30/h6-7,12-13,19,38H,3-5,8-11,14-17H2,1-2H3,(H,33,34,35)/t19-,30+/m1/s1. The van der Waals surface area contributed by atoms with Gasteiger partial charge < -0.3 is 24.8 Å². The van der Waals surface area contributed by atoms with Gasteiger partial charge in [-0.1, -0.05) is 13.0 Å². The minimum Gasteiger partial charge on any atom is -0.508 e. The molecule has 0 bridgehead atoms. The molecule has 0 radical (unpaired) electrons. The van der Waals surface area contributed by atoms with E-state index in [9.17, 15) is 18.7 Å². The second-order valence-corrected chi connectivity index (χ2v) is 11.1. The van der Waals surface area contributed by atoms with Gasteiger partial charge in [0.1, 0.15) is 35.7 Å². The number of phenolic OH excluding ortho intramolecular Hbond substituents is 1. The van der Waals surface area contributed by atoms with Gasteiger partial charge in [-0.3, -0.25) is 9.69 Å². The number of methoxy groups -OCH3 is 1. The van der Waals surface area contributed by atoms with E-state index >= 15 is 0 Å². The molecule has 0 spiro atoms. The first-order valence-corrected chi connectivity index (χ1v) is 14.2. The second-order valence-electron chi connectivity index (χ2n) is 11.1. The zero-order valence-electron chi connectivity index (χ0n) is 23.4. The first kappa shape index (κ1) is 27.6. The Hall–Kier alpha value is -3.57. The van der Waals surface area contributed by atoms with Crippen LogP contribution in [0.5, 0.6) is 11.8 Å². The van der Waals surface area contributed by atoms with Crippen molar-refractivity contribution >= 4 is 28.2 Å². The number of nitrogens with zero attached hydrogens (tertiary/aromatic N) is 4. The summed E-state index contributed by atoms with van der Waals surface area (Å²) in [5, 5.41) is 15.0. The van der Waals surface area contributed by atoms with Crippen molar-refractivity contribution in [3.05, 3.63) is 46.9 Å². The number of anilines is 2. The molecule has 2 saturated heterocycles. The predicted molar refractivity (Wildman–Crippen MR) is 151 cm³/mol. The van der Waals surface area contributed by atoms with Crippen LogP contribution < -0.4 is 15.0 Å². The van der Waals surface area contributed by atoms with E-state index in [1.807, 2.05) is 6.92 Å². The Balaban J connectivity index is 1.36. The number of aromatic nitrogens is 2. The molecular formula is C30H35F2N5O4. The molecule has 9 nitrogen and oxygen atoms in total. The van der Waals surface area contributed by atoms with Gasteiger partial charge in [0.2, 0.25) is 0 Å². The number of alkyl halides is 1. The summed E-state index contributed by atoms with van der Waals surface area (Å²) in [4.78, 5) is 26.8. The van der Waals surface area contributed by atoms with Crippen molar-refractivity contribution in [2.75, 3.05) is 50.2 Å². The van der Waals surface area contributed by atoms with Crippen LogP contribution in [0, 0.1) is 5.82 Å². The summed E-state index contributed by atoms with van der Waals surface area (Å²) in [6.07, 6.45) is 2.50. The van der Waals surface area contributed by atoms with Crippen molar-refractivity contribution in [2.24, 2.45) is 0 Å². The Morgan fingerprint density at radius 2 is 2.12 bits per heavy atom. The number of aromatic hydroxyl groups is 1. The number of amides is 1. The van der Waals surface area contributed by atoms with E-state index in [1.54, 1.807) is 19.2 Å². The topological polar surface area (TPSA) is 100 Å². The van der Waals surface area contributed by atoms with Gasteiger partial charge in [-0.2, -0.15) is 9.97 Å². The van der Waals surface area contributed by atoms with Crippen LogP contribution in [0.3, 0.4) is 0 Å². The van der Waals surface area contributed by atoms with Crippen LogP contribution >= 0.6 is 0 Å². The molecule has 218 valence electrons. The number of halogens is 2. The van der Waals surface area contributed by atoms with E-state index in [1.165, 1.54) is 17.0 Å². The van der Waals surface area contributed by atoms with Gasteiger partial charge in [-0.25, -0.2) is 8.78 Å². The fraction of sp³-hybridized carbons (Fsp3) is 0.500. The molecule has 6 rings (SSSR count). The van der Waals surface area contributed by atoms with Crippen LogP contribution in [0.15, 0.2) is 24.3 Å². The van der Waals surface area contributed by atoms with Gasteiger partial charge in [0, 0.05) is 44.7 Å². The third-order valence-corrected chi connectivity index (χ3v) is 8.56. The van der Waals surface area contributed by atoms with Gasteiger partial charge in [0.15, 0.2) is 0 Å². The summed E-state index contributed by atoms with van der Waals surface area (Å²) in [6, 6.07) is 6.16. The molecule has 2 aromatic carbocycles. The fourth-order valence-corrected chi connectivity index (χ4v) is 6.67. The van der Waals surface area contributed by atoms with E-state index in [0.29, 0.717) is 78.1 Å². The number of carbonyl (C=O) groups excluding carboxylic acids is 1. The van der Waals surface area contributed by atoms with E-state index in [0.717, 1.165) is 19.4 Å². The van der Waals surface area contributed by atoms with E-state index in [4.69, 9.17) is 9.47 Å². The molecule has 0 saturated carbocycles. The molecule has 1 amide bonds. The number of nitrogens with one attached hydrogen (secondary N) is 1. The highest BCUT2D eigenvalue weighted by molar-refractivity contribution is 6.16. The number of carbonyl (C=O) groups is 1. The first-order chi connectivity index (χ1) is 19.8.